The number of carboxylic acid groups (broad SMARTS) is 1. The largest absolute Gasteiger partial charge is 0.481 e. The van der Waals surface area contributed by atoms with Crippen molar-refractivity contribution in [2.45, 2.75) is 25.9 Å². The van der Waals surface area contributed by atoms with Crippen molar-refractivity contribution in [1.29, 1.82) is 0 Å². The minimum atomic E-state index is -4.65. The summed E-state index contributed by atoms with van der Waals surface area (Å²) in [5, 5.41) is 11.6. The number of urea groups is 1. The molecule has 0 bridgehead atoms. The van der Waals surface area contributed by atoms with Crippen molar-refractivity contribution >= 4 is 12.0 Å². The van der Waals surface area contributed by atoms with Gasteiger partial charge in [0.25, 0.3) is 0 Å². The van der Waals surface area contributed by atoms with Crippen molar-refractivity contribution in [1.82, 2.24) is 10.2 Å². The van der Waals surface area contributed by atoms with Crippen molar-refractivity contribution in [2.24, 2.45) is 11.8 Å². The molecule has 1 aliphatic heterocycles. The van der Waals surface area contributed by atoms with Gasteiger partial charge in [-0.3, -0.25) is 4.79 Å². The smallest absolute Gasteiger partial charge is 0.394 e. The molecule has 1 saturated heterocycles. The Hall–Kier alpha value is -2.25. The monoisotopic (exact) mass is 358 g/mol. The minimum absolute atomic E-state index is 0.0131. The predicted molar refractivity (Wildman–Crippen MR) is 85.2 cm³/mol. The van der Waals surface area contributed by atoms with Gasteiger partial charge < -0.3 is 15.3 Å². The molecule has 1 aliphatic rings. The van der Waals surface area contributed by atoms with E-state index in [4.69, 9.17) is 5.11 Å². The van der Waals surface area contributed by atoms with E-state index in [0.29, 0.717) is 0 Å². The first-order chi connectivity index (χ1) is 11.6. The average Bonchev–Trinajstić information content (AvgIpc) is 2.99. The van der Waals surface area contributed by atoms with E-state index in [1.165, 1.54) is 0 Å². The van der Waals surface area contributed by atoms with Crippen LogP contribution in [0.25, 0.3) is 0 Å². The van der Waals surface area contributed by atoms with Crippen LogP contribution in [-0.4, -0.2) is 47.8 Å². The summed E-state index contributed by atoms with van der Waals surface area (Å²) in [5.74, 6) is -5.21. The highest BCUT2D eigenvalue weighted by Crippen LogP contribution is 2.37. The number of benzene rings is 1. The van der Waals surface area contributed by atoms with Crippen LogP contribution in [0.3, 0.4) is 0 Å². The molecule has 0 radical (unpaired) electrons. The Kier molecular flexibility index (Phi) is 5.59. The molecule has 1 aromatic rings. The van der Waals surface area contributed by atoms with Gasteiger partial charge in [0, 0.05) is 19.6 Å². The molecule has 3 atom stereocenters. The zero-order chi connectivity index (χ0) is 18.8. The predicted octanol–water partition coefficient (Wildman–Crippen LogP) is 3.00. The average molecular weight is 358 g/mol. The summed E-state index contributed by atoms with van der Waals surface area (Å²) in [6.07, 6.45) is -4.65. The van der Waals surface area contributed by atoms with Gasteiger partial charge in [-0.2, -0.15) is 13.2 Å². The van der Waals surface area contributed by atoms with Gasteiger partial charge in [-0.25, -0.2) is 4.79 Å². The molecule has 5 nitrogen and oxygen atoms in total. The molecule has 2 amide bonds. The summed E-state index contributed by atoms with van der Waals surface area (Å²) < 4.78 is 38.9. The van der Waals surface area contributed by atoms with Crippen LogP contribution < -0.4 is 5.32 Å². The number of hydrogen-bond acceptors (Lipinski definition) is 2. The molecule has 8 heteroatoms. The molecule has 1 heterocycles. The lowest BCUT2D eigenvalue weighted by molar-refractivity contribution is -0.187. The maximum Gasteiger partial charge on any atom is 0.394 e. The van der Waals surface area contributed by atoms with Gasteiger partial charge in [-0.05, 0) is 18.4 Å². The van der Waals surface area contributed by atoms with Crippen LogP contribution in [-0.2, 0) is 4.79 Å². The number of nitrogens with zero attached hydrogens (tertiary/aromatic N) is 1. The number of nitrogens with one attached hydrogen (secondary N) is 1. The highest BCUT2D eigenvalue weighted by atomic mass is 19.4. The van der Waals surface area contributed by atoms with Gasteiger partial charge in [-0.1, -0.05) is 36.8 Å². The number of hydrogen-bond donors (Lipinski definition) is 2. The van der Waals surface area contributed by atoms with Crippen LogP contribution in [0.5, 0.6) is 0 Å². The second-order valence-electron chi connectivity index (χ2n) is 6.50. The molecule has 0 saturated carbocycles. The molecule has 1 fully saturated rings. The van der Waals surface area contributed by atoms with Crippen LogP contribution in [0.2, 0.25) is 0 Å². The maximum atomic E-state index is 13.0. The van der Waals surface area contributed by atoms with E-state index in [0.717, 1.165) is 16.0 Å². The number of carbonyl (C=O) groups excluding carboxylic acids is 1. The molecular weight excluding hydrogens is 337 g/mol. The molecular formula is C17H21F3N2O3. The van der Waals surface area contributed by atoms with Crippen LogP contribution >= 0.6 is 0 Å². The fourth-order valence-corrected chi connectivity index (χ4v) is 2.92. The lowest BCUT2D eigenvalue weighted by Crippen LogP contribution is -2.40. The molecule has 2 N–H and O–H groups in total. The van der Waals surface area contributed by atoms with Gasteiger partial charge in [-0.15, -0.1) is 0 Å². The Morgan fingerprint density at radius 3 is 2.36 bits per heavy atom. The van der Waals surface area contributed by atoms with E-state index in [9.17, 15) is 22.8 Å². The summed E-state index contributed by atoms with van der Waals surface area (Å²) in [5.41, 5.74) is 2.11. The highest BCUT2D eigenvalue weighted by molar-refractivity contribution is 5.77. The lowest BCUT2D eigenvalue weighted by atomic mass is 9.96. The quantitative estimate of drug-likeness (QED) is 0.869. The Labute approximate surface area is 143 Å². The van der Waals surface area contributed by atoms with Crippen LogP contribution in [0.4, 0.5) is 18.0 Å². The van der Waals surface area contributed by atoms with Crippen LogP contribution in [0.1, 0.15) is 24.0 Å². The van der Waals surface area contributed by atoms with Crippen LogP contribution in [0.15, 0.2) is 24.3 Å². The van der Waals surface area contributed by atoms with E-state index in [1.54, 1.807) is 0 Å². The topological polar surface area (TPSA) is 69.6 Å². The van der Waals surface area contributed by atoms with E-state index >= 15 is 0 Å². The first kappa shape index (κ1) is 19.1. The zero-order valence-corrected chi connectivity index (χ0v) is 14.0. The number of carboxylic acids is 1. The Bertz CT molecular complexity index is 631. The fourth-order valence-electron chi connectivity index (χ4n) is 2.92. The van der Waals surface area contributed by atoms with Gasteiger partial charge in [0.2, 0.25) is 0 Å². The summed E-state index contributed by atoms with van der Waals surface area (Å²) in [7, 11) is 0. The Morgan fingerprint density at radius 1 is 1.28 bits per heavy atom. The molecule has 0 spiro atoms. The Morgan fingerprint density at radius 2 is 1.88 bits per heavy atom. The number of alkyl halides is 3. The standard InChI is InChI=1S/C17H21F3N2O3/c1-10-3-5-12(6-4-10)11(2)7-21-16(25)22-8-13(15(23)24)14(9-22)17(18,19)20/h3-6,11,13-14H,7-9H2,1-2H3,(H,21,25)(H,23,24)/t11?,13-,14-/m1/s1. The number of aliphatic carboxylic acids is 1. The van der Waals surface area contributed by atoms with Gasteiger partial charge in [0.1, 0.15) is 0 Å². The third-order valence-electron chi connectivity index (χ3n) is 4.55. The SMILES string of the molecule is Cc1ccc(C(C)CNC(=O)N2C[C@@H](C(F)(F)F)[C@H](C(=O)O)C2)cc1. The number of rotatable bonds is 4. The second kappa shape index (κ2) is 7.33. The normalized spacial score (nSPS) is 21.9. The van der Waals surface area contributed by atoms with Crippen LogP contribution in [0, 0.1) is 18.8 Å². The van der Waals surface area contributed by atoms with Crippen molar-refractivity contribution in [3.8, 4) is 0 Å². The number of amides is 2. The van der Waals surface area contributed by atoms with Crippen molar-refractivity contribution in [2.75, 3.05) is 19.6 Å². The maximum absolute atomic E-state index is 13.0. The number of halogens is 3. The molecule has 1 unspecified atom stereocenters. The summed E-state index contributed by atoms with van der Waals surface area (Å²) in [6, 6.07) is 7.08. The highest BCUT2D eigenvalue weighted by Gasteiger charge is 2.53. The molecule has 25 heavy (non-hydrogen) atoms. The fraction of sp³-hybridized carbons (Fsp3) is 0.529. The Balaban J connectivity index is 1.94. The third kappa shape index (κ3) is 4.64. The number of likely N-dealkylation sites (tertiary alicyclic amines) is 1. The molecule has 2 rings (SSSR count). The second-order valence-corrected chi connectivity index (χ2v) is 6.50. The zero-order valence-electron chi connectivity index (χ0n) is 14.0. The minimum Gasteiger partial charge on any atom is -0.481 e. The van der Waals surface area contributed by atoms with Crippen molar-refractivity contribution in [3.05, 3.63) is 35.4 Å². The summed E-state index contributed by atoms with van der Waals surface area (Å²) in [6.45, 7) is 3.04. The molecule has 1 aromatic carbocycles. The molecule has 0 aromatic heterocycles. The van der Waals surface area contributed by atoms with E-state index in [2.05, 4.69) is 5.32 Å². The third-order valence-corrected chi connectivity index (χ3v) is 4.55. The molecule has 0 aliphatic carbocycles. The lowest BCUT2D eigenvalue weighted by Gasteiger charge is -2.20. The first-order valence-electron chi connectivity index (χ1n) is 7.98. The first-order valence-corrected chi connectivity index (χ1v) is 7.98. The van der Waals surface area contributed by atoms with Gasteiger partial charge in [0.05, 0.1) is 11.8 Å². The molecule has 138 valence electrons. The van der Waals surface area contributed by atoms with E-state index in [-0.39, 0.29) is 12.5 Å². The van der Waals surface area contributed by atoms with Gasteiger partial charge >= 0.3 is 18.2 Å². The van der Waals surface area contributed by atoms with E-state index in [1.807, 2.05) is 38.1 Å². The van der Waals surface area contributed by atoms with Gasteiger partial charge in [0.15, 0.2) is 0 Å². The van der Waals surface area contributed by atoms with Crippen molar-refractivity contribution < 1.29 is 27.9 Å². The number of carbonyl (C=O) groups is 2. The van der Waals surface area contributed by atoms with E-state index < -0.39 is 43.1 Å². The summed E-state index contributed by atoms with van der Waals surface area (Å²) >= 11 is 0. The van der Waals surface area contributed by atoms with Crippen molar-refractivity contribution in [3.63, 3.8) is 0 Å². The summed E-state index contributed by atoms with van der Waals surface area (Å²) in [4.78, 5) is 24.1. The number of aryl methyl sites for hydroxylation is 1.